The second-order valence-electron chi connectivity index (χ2n) is 4.00. The third-order valence-corrected chi connectivity index (χ3v) is 3.99. The van der Waals surface area contributed by atoms with Gasteiger partial charge in [0.2, 0.25) is 0 Å². The molecule has 2 rings (SSSR count). The third kappa shape index (κ3) is 2.83. The maximum absolute atomic E-state index is 13.6. The van der Waals surface area contributed by atoms with E-state index in [4.69, 9.17) is 10.5 Å². The van der Waals surface area contributed by atoms with Crippen molar-refractivity contribution in [2.45, 2.75) is 4.90 Å². The molecule has 0 aliphatic carbocycles. The average molecular weight is 296 g/mol. The van der Waals surface area contributed by atoms with Crippen molar-refractivity contribution in [3.8, 4) is 5.75 Å². The predicted molar refractivity (Wildman–Crippen MR) is 74.6 cm³/mol. The number of ether oxygens (including phenoxy) is 1. The molecular formula is C13H13FN2O3S. The molecule has 0 aliphatic heterocycles. The van der Waals surface area contributed by atoms with Crippen LogP contribution in [0.15, 0.2) is 47.4 Å². The first-order chi connectivity index (χ1) is 9.44. The van der Waals surface area contributed by atoms with Gasteiger partial charge in [-0.05, 0) is 30.3 Å². The van der Waals surface area contributed by atoms with Crippen LogP contribution in [0.4, 0.5) is 15.8 Å². The number of nitrogens with one attached hydrogen (secondary N) is 1. The number of hydrogen-bond donors (Lipinski definition) is 2. The number of nitrogen functional groups attached to an aromatic ring is 1. The number of halogens is 1. The molecule has 0 saturated carbocycles. The Morgan fingerprint density at radius 3 is 2.55 bits per heavy atom. The summed E-state index contributed by atoms with van der Waals surface area (Å²) in [6.07, 6.45) is 0. The second kappa shape index (κ2) is 5.38. The average Bonchev–Trinajstić information content (AvgIpc) is 2.39. The number of hydrogen-bond acceptors (Lipinski definition) is 4. The number of sulfonamides is 1. The zero-order chi connectivity index (χ0) is 14.8. The number of rotatable bonds is 4. The molecule has 0 spiro atoms. The first-order valence-electron chi connectivity index (χ1n) is 5.65. The molecule has 0 fully saturated rings. The highest BCUT2D eigenvalue weighted by molar-refractivity contribution is 7.92. The van der Waals surface area contributed by atoms with Crippen LogP contribution in [0.2, 0.25) is 0 Å². The van der Waals surface area contributed by atoms with E-state index in [1.165, 1.54) is 37.4 Å². The quantitative estimate of drug-likeness (QED) is 0.848. The maximum Gasteiger partial charge on any atom is 0.264 e. The highest BCUT2D eigenvalue weighted by Crippen LogP contribution is 2.29. The first-order valence-corrected chi connectivity index (χ1v) is 7.13. The molecule has 0 aromatic heterocycles. The fourth-order valence-corrected chi connectivity index (χ4v) is 2.81. The van der Waals surface area contributed by atoms with Crippen molar-refractivity contribution in [1.82, 2.24) is 0 Å². The van der Waals surface area contributed by atoms with Crippen LogP contribution in [0, 0.1) is 5.82 Å². The van der Waals surface area contributed by atoms with Gasteiger partial charge in [0.25, 0.3) is 10.0 Å². The molecule has 0 unspecified atom stereocenters. The Hall–Kier alpha value is -2.28. The van der Waals surface area contributed by atoms with Crippen molar-refractivity contribution < 1.29 is 17.5 Å². The van der Waals surface area contributed by atoms with Gasteiger partial charge in [-0.2, -0.15) is 0 Å². The SMILES string of the molecule is COc1ccc(N)cc1NS(=O)(=O)c1ccccc1F. The molecule has 0 bridgehead atoms. The van der Waals surface area contributed by atoms with E-state index < -0.39 is 20.7 Å². The lowest BCUT2D eigenvalue weighted by atomic mass is 10.2. The fraction of sp³-hybridized carbons (Fsp3) is 0.0769. The van der Waals surface area contributed by atoms with E-state index in [-0.39, 0.29) is 5.69 Å². The number of benzene rings is 2. The zero-order valence-corrected chi connectivity index (χ0v) is 11.4. The van der Waals surface area contributed by atoms with E-state index in [1.54, 1.807) is 6.07 Å². The monoisotopic (exact) mass is 296 g/mol. The molecule has 0 aliphatic rings. The Kier molecular flexibility index (Phi) is 3.80. The fourth-order valence-electron chi connectivity index (χ4n) is 1.67. The predicted octanol–water partition coefficient (Wildman–Crippen LogP) is 2.22. The first kappa shape index (κ1) is 14.1. The summed E-state index contributed by atoms with van der Waals surface area (Å²) in [5.74, 6) is -0.540. The van der Waals surface area contributed by atoms with Crippen LogP contribution in [0.1, 0.15) is 0 Å². The van der Waals surface area contributed by atoms with Gasteiger partial charge >= 0.3 is 0 Å². The Labute approximate surface area is 116 Å². The zero-order valence-electron chi connectivity index (χ0n) is 10.6. The Morgan fingerprint density at radius 1 is 1.20 bits per heavy atom. The number of methoxy groups -OCH3 is 1. The minimum atomic E-state index is -4.05. The largest absolute Gasteiger partial charge is 0.495 e. The summed E-state index contributed by atoms with van der Waals surface area (Å²) < 4.78 is 45.2. The molecule has 7 heteroatoms. The molecule has 106 valence electrons. The number of anilines is 2. The van der Waals surface area contributed by atoms with Gasteiger partial charge < -0.3 is 10.5 Å². The van der Waals surface area contributed by atoms with Gasteiger partial charge in [-0.25, -0.2) is 12.8 Å². The lowest BCUT2D eigenvalue weighted by Crippen LogP contribution is -2.15. The summed E-state index contributed by atoms with van der Waals surface area (Å²) in [7, 11) is -2.66. The highest BCUT2D eigenvalue weighted by Gasteiger charge is 2.20. The van der Waals surface area contributed by atoms with Crippen LogP contribution in [-0.4, -0.2) is 15.5 Å². The van der Waals surface area contributed by atoms with Crippen LogP contribution in [0.3, 0.4) is 0 Å². The number of nitrogens with two attached hydrogens (primary N) is 1. The van der Waals surface area contributed by atoms with E-state index in [0.29, 0.717) is 11.4 Å². The van der Waals surface area contributed by atoms with Gasteiger partial charge in [0.1, 0.15) is 16.5 Å². The lowest BCUT2D eigenvalue weighted by molar-refractivity contribution is 0.417. The van der Waals surface area contributed by atoms with Crippen molar-refractivity contribution in [2.75, 3.05) is 17.6 Å². The lowest BCUT2D eigenvalue weighted by Gasteiger charge is -2.12. The second-order valence-corrected chi connectivity index (χ2v) is 5.65. The standard InChI is InChI=1S/C13H13FN2O3S/c1-19-12-7-6-9(15)8-11(12)16-20(17,18)13-5-3-2-4-10(13)14/h2-8,16H,15H2,1H3. The molecule has 0 amide bonds. The minimum Gasteiger partial charge on any atom is -0.495 e. The van der Waals surface area contributed by atoms with Gasteiger partial charge in [0.15, 0.2) is 0 Å². The Bertz CT molecular complexity index is 732. The molecule has 5 nitrogen and oxygen atoms in total. The van der Waals surface area contributed by atoms with Crippen LogP contribution < -0.4 is 15.2 Å². The Morgan fingerprint density at radius 2 is 1.90 bits per heavy atom. The van der Waals surface area contributed by atoms with Gasteiger partial charge in [-0.1, -0.05) is 12.1 Å². The van der Waals surface area contributed by atoms with Crippen molar-refractivity contribution in [1.29, 1.82) is 0 Å². The summed E-state index contributed by atoms with van der Waals surface area (Å²) in [6, 6.07) is 9.59. The van der Waals surface area contributed by atoms with Crippen LogP contribution >= 0.6 is 0 Å². The van der Waals surface area contributed by atoms with Crippen LogP contribution in [0.25, 0.3) is 0 Å². The Balaban J connectivity index is 2.44. The van der Waals surface area contributed by atoms with Crippen molar-refractivity contribution in [3.05, 3.63) is 48.3 Å². The molecule has 3 N–H and O–H groups in total. The van der Waals surface area contributed by atoms with Crippen LogP contribution in [-0.2, 0) is 10.0 Å². The molecule has 0 heterocycles. The van der Waals surface area contributed by atoms with E-state index in [9.17, 15) is 12.8 Å². The van der Waals surface area contributed by atoms with E-state index in [0.717, 1.165) is 6.07 Å². The van der Waals surface area contributed by atoms with E-state index >= 15 is 0 Å². The van der Waals surface area contributed by atoms with Crippen molar-refractivity contribution in [3.63, 3.8) is 0 Å². The smallest absolute Gasteiger partial charge is 0.264 e. The normalized spacial score (nSPS) is 11.1. The molecule has 0 saturated heterocycles. The summed E-state index contributed by atoms with van der Waals surface area (Å²) >= 11 is 0. The van der Waals surface area contributed by atoms with Gasteiger partial charge in [-0.15, -0.1) is 0 Å². The minimum absolute atomic E-state index is 0.149. The maximum atomic E-state index is 13.6. The molecule has 20 heavy (non-hydrogen) atoms. The molecular weight excluding hydrogens is 283 g/mol. The van der Waals surface area contributed by atoms with Crippen molar-refractivity contribution in [2.24, 2.45) is 0 Å². The summed E-state index contributed by atoms with van der Waals surface area (Å²) in [5.41, 5.74) is 6.11. The molecule has 2 aromatic carbocycles. The van der Waals surface area contributed by atoms with Crippen LogP contribution in [0.5, 0.6) is 5.75 Å². The van der Waals surface area contributed by atoms with Crippen molar-refractivity contribution >= 4 is 21.4 Å². The molecule has 0 atom stereocenters. The topological polar surface area (TPSA) is 81.4 Å². The summed E-state index contributed by atoms with van der Waals surface area (Å²) in [4.78, 5) is -0.440. The highest BCUT2D eigenvalue weighted by atomic mass is 32.2. The van der Waals surface area contributed by atoms with Gasteiger partial charge in [0.05, 0.1) is 12.8 Å². The third-order valence-electron chi connectivity index (χ3n) is 2.59. The summed E-state index contributed by atoms with van der Waals surface area (Å²) in [5, 5.41) is 0. The summed E-state index contributed by atoms with van der Waals surface area (Å²) in [6.45, 7) is 0. The molecule has 2 aromatic rings. The van der Waals surface area contributed by atoms with Gasteiger partial charge in [0, 0.05) is 5.69 Å². The van der Waals surface area contributed by atoms with E-state index in [2.05, 4.69) is 4.72 Å². The van der Waals surface area contributed by atoms with E-state index in [1.807, 2.05) is 0 Å². The van der Waals surface area contributed by atoms with Gasteiger partial charge in [-0.3, -0.25) is 4.72 Å². The molecule has 0 radical (unpaired) electrons.